The number of carbonyl (C=O) groups is 1. The van der Waals surface area contributed by atoms with E-state index in [0.29, 0.717) is 23.7 Å². The zero-order valence-electron chi connectivity index (χ0n) is 20.0. The maximum absolute atomic E-state index is 12.4. The maximum Gasteiger partial charge on any atom is 0.251 e. The predicted octanol–water partition coefficient (Wildman–Crippen LogP) is 6.97. The van der Waals surface area contributed by atoms with Crippen LogP contribution in [-0.2, 0) is 13.1 Å². The van der Waals surface area contributed by atoms with Gasteiger partial charge in [-0.2, -0.15) is 0 Å². The third-order valence-corrected chi connectivity index (χ3v) is 6.97. The molecule has 0 spiro atoms. The van der Waals surface area contributed by atoms with Gasteiger partial charge in [0, 0.05) is 41.5 Å². The van der Waals surface area contributed by atoms with Gasteiger partial charge in [-0.1, -0.05) is 54.1 Å². The Morgan fingerprint density at radius 1 is 0.973 bits per heavy atom. The van der Waals surface area contributed by atoms with E-state index >= 15 is 0 Å². The van der Waals surface area contributed by atoms with Gasteiger partial charge in [0.2, 0.25) is 0 Å². The van der Waals surface area contributed by atoms with Crippen LogP contribution in [0.1, 0.15) is 21.5 Å². The number of aromatic nitrogens is 2. The number of hydrogen-bond donors (Lipinski definition) is 2. The van der Waals surface area contributed by atoms with Gasteiger partial charge in [-0.25, -0.2) is 4.98 Å². The third kappa shape index (κ3) is 5.63. The van der Waals surface area contributed by atoms with Crippen LogP contribution in [-0.4, -0.2) is 22.4 Å². The summed E-state index contributed by atoms with van der Waals surface area (Å²) < 4.78 is 8.06. The standard InChI is InChI=1S/C29H24BrClN4O2/c1-37-22-12-10-21(11-13-22)29(36)33-18-20-8-6-19(7-9-20)17-32-27-16-26(23-4-2-3-5-25(23)31)34-28-24(30)14-15-35(27)28/h2-16,32H,17-18H2,1H3,(H,33,36). The first-order valence-corrected chi connectivity index (χ1v) is 12.9. The lowest BCUT2D eigenvalue weighted by Crippen LogP contribution is -2.22. The number of amides is 1. The first-order valence-electron chi connectivity index (χ1n) is 11.7. The Bertz CT molecular complexity index is 1550. The summed E-state index contributed by atoms with van der Waals surface area (Å²) in [5.41, 5.74) is 5.21. The van der Waals surface area contributed by atoms with Gasteiger partial charge in [0.05, 0.1) is 17.3 Å². The molecule has 2 aromatic heterocycles. The maximum atomic E-state index is 12.4. The largest absolute Gasteiger partial charge is 0.497 e. The molecule has 3 aromatic carbocycles. The minimum absolute atomic E-state index is 0.123. The molecule has 0 aliphatic rings. The zero-order chi connectivity index (χ0) is 25.8. The minimum atomic E-state index is -0.123. The van der Waals surface area contributed by atoms with E-state index in [0.717, 1.165) is 44.1 Å². The lowest BCUT2D eigenvalue weighted by atomic mass is 10.1. The highest BCUT2D eigenvalue weighted by Crippen LogP contribution is 2.31. The Morgan fingerprint density at radius 3 is 2.38 bits per heavy atom. The molecule has 0 saturated carbocycles. The Balaban J connectivity index is 1.26. The normalized spacial score (nSPS) is 10.9. The summed E-state index contributed by atoms with van der Waals surface area (Å²) >= 11 is 10.0. The average molecular weight is 576 g/mol. The van der Waals surface area contributed by atoms with E-state index in [9.17, 15) is 4.79 Å². The van der Waals surface area contributed by atoms with Crippen molar-refractivity contribution < 1.29 is 9.53 Å². The molecule has 0 unspecified atom stereocenters. The quantitative estimate of drug-likeness (QED) is 0.210. The van der Waals surface area contributed by atoms with Gasteiger partial charge in [-0.05, 0) is 63.5 Å². The predicted molar refractivity (Wildman–Crippen MR) is 151 cm³/mol. The van der Waals surface area contributed by atoms with Crippen LogP contribution in [0.5, 0.6) is 5.75 Å². The number of ether oxygens (including phenoxy) is 1. The van der Waals surface area contributed by atoms with Crippen LogP contribution in [0.4, 0.5) is 5.82 Å². The number of carbonyl (C=O) groups excluding carboxylic acids is 1. The van der Waals surface area contributed by atoms with Gasteiger partial charge in [-0.15, -0.1) is 0 Å². The number of fused-ring (bicyclic) bond motifs is 1. The van der Waals surface area contributed by atoms with E-state index in [-0.39, 0.29) is 5.91 Å². The van der Waals surface area contributed by atoms with Gasteiger partial charge < -0.3 is 15.4 Å². The van der Waals surface area contributed by atoms with Crippen LogP contribution in [0, 0.1) is 0 Å². The van der Waals surface area contributed by atoms with Crippen molar-refractivity contribution in [1.29, 1.82) is 0 Å². The summed E-state index contributed by atoms with van der Waals surface area (Å²) in [6.07, 6.45) is 1.97. The van der Waals surface area contributed by atoms with E-state index in [2.05, 4.69) is 38.7 Å². The van der Waals surface area contributed by atoms with Crippen LogP contribution < -0.4 is 15.4 Å². The molecule has 5 aromatic rings. The summed E-state index contributed by atoms with van der Waals surface area (Å²) in [5.74, 6) is 1.50. The number of nitrogens with zero attached hydrogens (tertiary/aromatic N) is 2. The second kappa shape index (κ2) is 11.1. The van der Waals surface area contributed by atoms with Crippen LogP contribution in [0.2, 0.25) is 5.02 Å². The number of rotatable bonds is 8. The Hall–Kier alpha value is -3.81. The van der Waals surface area contributed by atoms with E-state index in [4.69, 9.17) is 21.3 Å². The molecule has 0 saturated heterocycles. The van der Waals surface area contributed by atoms with Crippen molar-refractivity contribution >= 4 is 44.9 Å². The number of hydrogen-bond acceptors (Lipinski definition) is 4. The lowest BCUT2D eigenvalue weighted by Gasteiger charge is -2.13. The highest BCUT2D eigenvalue weighted by Gasteiger charge is 2.12. The highest BCUT2D eigenvalue weighted by molar-refractivity contribution is 9.10. The molecular formula is C29H24BrClN4O2. The molecule has 6 nitrogen and oxygen atoms in total. The SMILES string of the molecule is COc1ccc(C(=O)NCc2ccc(CNc3cc(-c4ccccc4Cl)nc4c(Br)ccn34)cc2)cc1. The lowest BCUT2D eigenvalue weighted by molar-refractivity contribution is 0.0951. The smallest absolute Gasteiger partial charge is 0.251 e. The first kappa shape index (κ1) is 24.9. The second-order valence-corrected chi connectivity index (χ2v) is 9.71. The van der Waals surface area contributed by atoms with Gasteiger partial charge >= 0.3 is 0 Å². The molecule has 186 valence electrons. The number of benzene rings is 3. The van der Waals surface area contributed by atoms with Gasteiger partial charge in [-0.3, -0.25) is 9.20 Å². The molecule has 0 atom stereocenters. The van der Waals surface area contributed by atoms with Crippen LogP contribution in [0.15, 0.2) is 95.6 Å². The van der Waals surface area contributed by atoms with Gasteiger partial charge in [0.1, 0.15) is 11.6 Å². The average Bonchev–Trinajstić information content (AvgIpc) is 3.31. The fraction of sp³-hybridized carbons (Fsp3) is 0.103. The molecule has 5 rings (SSSR count). The van der Waals surface area contributed by atoms with Crippen LogP contribution in [0.3, 0.4) is 0 Å². The molecule has 1 amide bonds. The van der Waals surface area contributed by atoms with Crippen LogP contribution >= 0.6 is 27.5 Å². The first-order chi connectivity index (χ1) is 18.0. The molecule has 0 radical (unpaired) electrons. The van der Waals surface area contributed by atoms with E-state index < -0.39 is 0 Å². The van der Waals surface area contributed by atoms with Crippen molar-refractivity contribution in [3.05, 3.63) is 117 Å². The number of nitrogens with one attached hydrogen (secondary N) is 2. The van der Waals surface area contributed by atoms with Crippen molar-refractivity contribution in [3.8, 4) is 17.0 Å². The molecule has 2 heterocycles. The summed E-state index contributed by atoms with van der Waals surface area (Å²) in [6.45, 7) is 1.07. The van der Waals surface area contributed by atoms with Gasteiger partial charge in [0.25, 0.3) is 5.91 Å². The summed E-state index contributed by atoms with van der Waals surface area (Å²) in [4.78, 5) is 17.2. The van der Waals surface area contributed by atoms with Crippen molar-refractivity contribution in [2.45, 2.75) is 13.1 Å². The Kier molecular flexibility index (Phi) is 7.44. The van der Waals surface area contributed by atoms with E-state index in [1.54, 1.807) is 31.4 Å². The second-order valence-electron chi connectivity index (χ2n) is 8.44. The topological polar surface area (TPSA) is 67.7 Å². The molecule has 8 heteroatoms. The number of halogens is 2. The molecule has 0 fully saturated rings. The molecule has 0 bridgehead atoms. The third-order valence-electron chi connectivity index (χ3n) is 6.02. The monoisotopic (exact) mass is 574 g/mol. The summed E-state index contributed by atoms with van der Waals surface area (Å²) in [7, 11) is 1.60. The Morgan fingerprint density at radius 2 is 1.68 bits per heavy atom. The van der Waals surface area contributed by atoms with E-state index in [1.807, 2.05) is 59.1 Å². The molecule has 2 N–H and O–H groups in total. The molecule has 37 heavy (non-hydrogen) atoms. The van der Waals surface area contributed by atoms with Crippen molar-refractivity contribution in [3.63, 3.8) is 0 Å². The molecular weight excluding hydrogens is 552 g/mol. The fourth-order valence-electron chi connectivity index (χ4n) is 3.98. The van der Waals surface area contributed by atoms with Crippen molar-refractivity contribution in [2.75, 3.05) is 12.4 Å². The number of methoxy groups -OCH3 is 1. The summed E-state index contributed by atoms with van der Waals surface area (Å²) in [5, 5.41) is 7.14. The molecule has 0 aliphatic heterocycles. The van der Waals surface area contributed by atoms with Crippen LogP contribution in [0.25, 0.3) is 16.9 Å². The Labute approximate surface area is 228 Å². The van der Waals surface area contributed by atoms with Crippen molar-refractivity contribution in [1.82, 2.24) is 14.7 Å². The fourth-order valence-corrected chi connectivity index (χ4v) is 4.62. The number of anilines is 1. The van der Waals surface area contributed by atoms with E-state index in [1.165, 1.54) is 0 Å². The molecule has 0 aliphatic carbocycles. The minimum Gasteiger partial charge on any atom is -0.497 e. The van der Waals surface area contributed by atoms with Gasteiger partial charge in [0.15, 0.2) is 5.65 Å². The highest BCUT2D eigenvalue weighted by atomic mass is 79.9. The zero-order valence-corrected chi connectivity index (χ0v) is 22.4. The summed E-state index contributed by atoms with van der Waals surface area (Å²) in [6, 6.07) is 26.9. The van der Waals surface area contributed by atoms with Crippen molar-refractivity contribution in [2.24, 2.45) is 0 Å².